The molecule has 0 saturated carbocycles. The Labute approximate surface area is 117 Å². The van der Waals surface area contributed by atoms with E-state index in [1.165, 1.54) is 13.2 Å². The average Bonchev–Trinajstić information content (AvgIpc) is 2.85. The number of hydrogen-bond acceptors (Lipinski definition) is 3. The van der Waals surface area contributed by atoms with E-state index in [-0.39, 0.29) is 0 Å². The van der Waals surface area contributed by atoms with Gasteiger partial charge in [0.15, 0.2) is 5.65 Å². The molecule has 0 fully saturated rings. The van der Waals surface area contributed by atoms with E-state index in [4.69, 9.17) is 4.74 Å². The first kappa shape index (κ1) is 12.1. The predicted octanol–water partition coefficient (Wildman–Crippen LogP) is 3.31. The fourth-order valence-electron chi connectivity index (χ4n) is 1.97. The van der Waals surface area contributed by atoms with E-state index >= 15 is 0 Å². The fourth-order valence-corrected chi connectivity index (χ4v) is 2.37. The maximum atomic E-state index is 14.1. The van der Waals surface area contributed by atoms with Crippen LogP contribution in [-0.2, 0) is 0 Å². The number of fused-ring (bicyclic) bond motifs is 1. The molecule has 96 valence electrons. The molecule has 1 aromatic carbocycles. The summed E-state index contributed by atoms with van der Waals surface area (Å²) in [6, 6.07) is 4.67. The number of imidazole rings is 1. The zero-order chi connectivity index (χ0) is 13.4. The Morgan fingerprint density at radius 2 is 2.21 bits per heavy atom. The highest BCUT2D eigenvalue weighted by Crippen LogP contribution is 2.33. The molecular weight excluding hydrogens is 313 g/mol. The summed E-state index contributed by atoms with van der Waals surface area (Å²) in [6.07, 6.45) is 5.18. The normalized spacial score (nSPS) is 10.9. The van der Waals surface area contributed by atoms with Crippen LogP contribution in [0.4, 0.5) is 4.39 Å². The molecule has 0 aliphatic rings. The Hall–Kier alpha value is -1.95. The molecule has 3 rings (SSSR count). The molecule has 0 N–H and O–H groups in total. The number of aromatic nitrogens is 3. The number of benzene rings is 1. The van der Waals surface area contributed by atoms with Crippen molar-refractivity contribution < 1.29 is 9.13 Å². The first-order valence-corrected chi connectivity index (χ1v) is 6.32. The second-order valence-corrected chi connectivity index (χ2v) is 4.70. The topological polar surface area (TPSA) is 39.4 Å². The summed E-state index contributed by atoms with van der Waals surface area (Å²) in [5.41, 5.74) is 1.32. The zero-order valence-corrected chi connectivity index (χ0v) is 11.6. The molecule has 0 saturated heterocycles. The van der Waals surface area contributed by atoms with Crippen molar-refractivity contribution in [3.8, 4) is 17.0 Å². The van der Waals surface area contributed by atoms with Crippen LogP contribution in [0.25, 0.3) is 16.9 Å². The van der Waals surface area contributed by atoms with Crippen LogP contribution in [0, 0.1) is 5.82 Å². The van der Waals surface area contributed by atoms with Gasteiger partial charge in [-0.2, -0.15) is 0 Å². The molecule has 2 heterocycles. The van der Waals surface area contributed by atoms with E-state index < -0.39 is 5.82 Å². The molecule has 19 heavy (non-hydrogen) atoms. The first-order chi connectivity index (χ1) is 9.20. The molecule has 3 aromatic rings. The van der Waals surface area contributed by atoms with Gasteiger partial charge >= 0.3 is 0 Å². The summed E-state index contributed by atoms with van der Waals surface area (Å²) in [4.78, 5) is 8.54. The van der Waals surface area contributed by atoms with Gasteiger partial charge in [-0.3, -0.25) is 0 Å². The van der Waals surface area contributed by atoms with Gasteiger partial charge in [-0.05, 0) is 28.1 Å². The van der Waals surface area contributed by atoms with Crippen LogP contribution in [0.2, 0.25) is 0 Å². The highest BCUT2D eigenvalue weighted by molar-refractivity contribution is 9.10. The van der Waals surface area contributed by atoms with Crippen molar-refractivity contribution in [3.63, 3.8) is 0 Å². The van der Waals surface area contributed by atoms with Gasteiger partial charge in [0.1, 0.15) is 21.9 Å². The third kappa shape index (κ3) is 1.98. The van der Waals surface area contributed by atoms with Gasteiger partial charge in [-0.15, -0.1) is 0 Å². The highest BCUT2D eigenvalue weighted by atomic mass is 79.9. The summed E-state index contributed by atoms with van der Waals surface area (Å²) in [7, 11) is 1.50. The number of methoxy groups -OCH3 is 1. The summed E-state index contributed by atoms with van der Waals surface area (Å²) >= 11 is 3.31. The minimum absolute atomic E-state index is 0.308. The molecule has 2 aromatic heterocycles. The third-order valence-electron chi connectivity index (χ3n) is 2.78. The Morgan fingerprint density at radius 1 is 1.37 bits per heavy atom. The van der Waals surface area contributed by atoms with Gasteiger partial charge < -0.3 is 9.14 Å². The minimum Gasteiger partial charge on any atom is -0.496 e. The van der Waals surface area contributed by atoms with Crippen molar-refractivity contribution in [2.75, 3.05) is 7.11 Å². The van der Waals surface area contributed by atoms with Crippen molar-refractivity contribution >= 4 is 21.6 Å². The molecule has 6 heteroatoms. The van der Waals surface area contributed by atoms with E-state index in [2.05, 4.69) is 25.9 Å². The maximum absolute atomic E-state index is 14.1. The molecule has 0 aliphatic carbocycles. The Morgan fingerprint density at radius 3 is 3.00 bits per heavy atom. The molecular formula is C13H9BrFN3O. The van der Waals surface area contributed by atoms with Crippen molar-refractivity contribution in [3.05, 3.63) is 47.2 Å². The van der Waals surface area contributed by atoms with Crippen LogP contribution in [0.1, 0.15) is 0 Å². The fraction of sp³-hybridized carbons (Fsp3) is 0.0769. The Kier molecular flexibility index (Phi) is 2.94. The van der Waals surface area contributed by atoms with Crippen LogP contribution in [0.3, 0.4) is 0 Å². The molecule has 0 aliphatic heterocycles. The van der Waals surface area contributed by atoms with E-state index in [1.807, 2.05) is 0 Å². The summed E-state index contributed by atoms with van der Waals surface area (Å²) in [6.45, 7) is 0. The van der Waals surface area contributed by atoms with Crippen LogP contribution in [0.15, 0.2) is 41.4 Å². The first-order valence-electron chi connectivity index (χ1n) is 5.53. The van der Waals surface area contributed by atoms with E-state index in [0.29, 0.717) is 27.3 Å². The minimum atomic E-state index is -0.394. The number of hydrogen-bond donors (Lipinski definition) is 0. The Balaban J connectivity index is 2.39. The maximum Gasteiger partial charge on any atom is 0.163 e. The van der Waals surface area contributed by atoms with Crippen LogP contribution >= 0.6 is 15.9 Å². The van der Waals surface area contributed by atoms with E-state index in [9.17, 15) is 4.39 Å². The quantitative estimate of drug-likeness (QED) is 0.727. The summed E-state index contributed by atoms with van der Waals surface area (Å²) < 4.78 is 21.7. The van der Waals surface area contributed by atoms with Gasteiger partial charge in [0.2, 0.25) is 0 Å². The van der Waals surface area contributed by atoms with Crippen molar-refractivity contribution in [2.45, 2.75) is 0 Å². The summed E-state index contributed by atoms with van der Waals surface area (Å²) in [5, 5.41) is 0. The van der Waals surface area contributed by atoms with Crippen molar-refractivity contribution in [1.29, 1.82) is 0 Å². The average molecular weight is 322 g/mol. The van der Waals surface area contributed by atoms with E-state index in [1.54, 1.807) is 35.1 Å². The second kappa shape index (κ2) is 4.62. The standard InChI is InChI=1S/C13H9BrFN3O/c1-19-9-4-2-3-8(15)11(9)12-13-16-5-6-18(13)7-10(14)17-12/h2-7H,1H3. The van der Waals surface area contributed by atoms with Gasteiger partial charge in [0.25, 0.3) is 0 Å². The van der Waals surface area contributed by atoms with Gasteiger partial charge in [0, 0.05) is 18.6 Å². The highest BCUT2D eigenvalue weighted by Gasteiger charge is 2.17. The monoisotopic (exact) mass is 321 g/mol. The number of ether oxygens (including phenoxy) is 1. The lowest BCUT2D eigenvalue weighted by molar-refractivity contribution is 0.413. The molecule has 4 nitrogen and oxygen atoms in total. The third-order valence-corrected chi connectivity index (χ3v) is 3.16. The Bertz CT molecular complexity index is 757. The van der Waals surface area contributed by atoms with Gasteiger partial charge in [-0.25, -0.2) is 14.4 Å². The van der Waals surface area contributed by atoms with Crippen LogP contribution in [0.5, 0.6) is 5.75 Å². The number of rotatable bonds is 2. The SMILES string of the molecule is COc1cccc(F)c1-c1nc(Br)cn2ccnc12. The lowest BCUT2D eigenvalue weighted by atomic mass is 10.1. The predicted molar refractivity (Wildman–Crippen MR) is 72.6 cm³/mol. The molecule has 0 radical (unpaired) electrons. The second-order valence-electron chi connectivity index (χ2n) is 3.89. The molecule has 0 atom stereocenters. The van der Waals surface area contributed by atoms with Crippen LogP contribution in [-0.4, -0.2) is 21.5 Å². The number of nitrogens with zero attached hydrogens (tertiary/aromatic N) is 3. The molecule has 0 amide bonds. The lowest BCUT2D eigenvalue weighted by Crippen LogP contribution is -1.98. The van der Waals surface area contributed by atoms with Gasteiger partial charge in [0.05, 0.1) is 12.7 Å². The largest absolute Gasteiger partial charge is 0.496 e. The van der Waals surface area contributed by atoms with Crippen molar-refractivity contribution in [1.82, 2.24) is 14.4 Å². The zero-order valence-electron chi connectivity index (χ0n) is 9.97. The number of halogens is 2. The molecule has 0 spiro atoms. The molecule has 0 unspecified atom stereocenters. The lowest BCUT2D eigenvalue weighted by Gasteiger charge is -2.10. The van der Waals surface area contributed by atoms with Crippen LogP contribution < -0.4 is 4.74 Å². The summed E-state index contributed by atoms with van der Waals surface area (Å²) in [5.74, 6) is 0.0327. The van der Waals surface area contributed by atoms with Crippen molar-refractivity contribution in [2.24, 2.45) is 0 Å². The van der Waals surface area contributed by atoms with Gasteiger partial charge in [-0.1, -0.05) is 6.07 Å². The molecule has 0 bridgehead atoms. The smallest absolute Gasteiger partial charge is 0.163 e. The van der Waals surface area contributed by atoms with E-state index in [0.717, 1.165) is 0 Å².